The molecule has 0 spiro atoms. The molecule has 5 nitrogen and oxygen atoms in total. The van der Waals surface area contributed by atoms with Crippen LogP contribution in [0.5, 0.6) is 0 Å². The molecule has 2 rings (SSSR count). The van der Waals surface area contributed by atoms with Crippen LogP contribution in [0.2, 0.25) is 0 Å². The lowest BCUT2D eigenvalue weighted by Gasteiger charge is -2.22. The number of carbonyl (C=O) groups excluding carboxylic acids is 2. The Bertz CT molecular complexity index is 323. The van der Waals surface area contributed by atoms with Gasteiger partial charge in [-0.25, -0.2) is 0 Å². The molecule has 0 radical (unpaired) electrons. The second-order valence-electron chi connectivity index (χ2n) is 6.08. The van der Waals surface area contributed by atoms with E-state index in [1.54, 1.807) is 0 Å². The van der Waals surface area contributed by atoms with Crippen LogP contribution in [0, 0.1) is 5.92 Å². The Kier molecular flexibility index (Phi) is 6.30. The Morgan fingerprint density at radius 3 is 2.40 bits per heavy atom. The molecule has 5 heteroatoms. The molecule has 0 unspecified atom stereocenters. The van der Waals surface area contributed by atoms with Gasteiger partial charge >= 0.3 is 0 Å². The van der Waals surface area contributed by atoms with Crippen LogP contribution in [-0.4, -0.2) is 37.5 Å². The summed E-state index contributed by atoms with van der Waals surface area (Å²) in [5.74, 6) is 0.823. The van der Waals surface area contributed by atoms with Crippen molar-refractivity contribution in [1.29, 1.82) is 0 Å². The van der Waals surface area contributed by atoms with Crippen molar-refractivity contribution < 1.29 is 9.59 Å². The highest BCUT2D eigenvalue weighted by Crippen LogP contribution is 2.27. The zero-order valence-corrected chi connectivity index (χ0v) is 12.2. The smallest absolute Gasteiger partial charge is 0.233 e. The third-order valence-electron chi connectivity index (χ3n) is 4.06. The van der Waals surface area contributed by atoms with E-state index in [-0.39, 0.29) is 11.8 Å². The fourth-order valence-electron chi connectivity index (χ4n) is 2.64. The molecule has 0 aromatic carbocycles. The van der Waals surface area contributed by atoms with Gasteiger partial charge in [0.15, 0.2) is 0 Å². The van der Waals surface area contributed by atoms with Crippen molar-refractivity contribution in [2.45, 2.75) is 57.4 Å². The molecule has 2 fully saturated rings. The lowest BCUT2D eigenvalue weighted by Crippen LogP contribution is -2.39. The first-order valence-corrected chi connectivity index (χ1v) is 8.01. The van der Waals surface area contributed by atoms with E-state index < -0.39 is 0 Å². The predicted octanol–water partition coefficient (Wildman–Crippen LogP) is 0.941. The quantitative estimate of drug-likeness (QED) is 0.620. The summed E-state index contributed by atoms with van der Waals surface area (Å²) in [6.45, 7) is 1.73. The van der Waals surface area contributed by atoms with Crippen LogP contribution in [0.4, 0.5) is 0 Å². The van der Waals surface area contributed by atoms with E-state index in [0.29, 0.717) is 25.6 Å². The molecule has 0 atom stereocenters. The Hall–Kier alpha value is -1.10. The third kappa shape index (κ3) is 6.37. The maximum Gasteiger partial charge on any atom is 0.233 e. The first kappa shape index (κ1) is 15.3. The van der Waals surface area contributed by atoms with Gasteiger partial charge in [0.25, 0.3) is 0 Å². The molecule has 2 amide bonds. The molecule has 3 N–H and O–H groups in total. The average Bonchev–Trinajstić information content (AvgIpc) is 3.24. The Labute approximate surface area is 121 Å². The van der Waals surface area contributed by atoms with Crippen molar-refractivity contribution in [2.24, 2.45) is 5.92 Å². The van der Waals surface area contributed by atoms with Crippen LogP contribution in [0.15, 0.2) is 0 Å². The highest BCUT2D eigenvalue weighted by atomic mass is 16.2. The fraction of sp³-hybridized carbons (Fsp3) is 0.867. The van der Waals surface area contributed by atoms with Crippen molar-refractivity contribution in [3.05, 3.63) is 0 Å². The number of nitrogens with one attached hydrogen (secondary N) is 3. The zero-order chi connectivity index (χ0) is 14.2. The molecular formula is C15H27N3O2. The summed E-state index contributed by atoms with van der Waals surface area (Å²) in [6, 6.07) is 0.354. The summed E-state index contributed by atoms with van der Waals surface area (Å²) in [6.07, 6.45) is 8.88. The molecule has 2 aliphatic carbocycles. The Morgan fingerprint density at radius 1 is 0.950 bits per heavy atom. The number of hydrogen-bond donors (Lipinski definition) is 3. The van der Waals surface area contributed by atoms with Crippen molar-refractivity contribution in [2.75, 3.05) is 19.6 Å². The van der Waals surface area contributed by atoms with E-state index in [0.717, 1.165) is 25.3 Å². The first-order valence-electron chi connectivity index (χ1n) is 8.01. The maximum absolute atomic E-state index is 11.7. The average molecular weight is 281 g/mol. The molecule has 0 aromatic heterocycles. The van der Waals surface area contributed by atoms with Crippen molar-refractivity contribution in [3.63, 3.8) is 0 Å². The summed E-state index contributed by atoms with van der Waals surface area (Å²) >= 11 is 0. The standard InChI is InChI=1S/C15H27N3O2/c19-14(18-13-4-2-1-3-5-13)8-9-17-15(20)11-16-10-12-6-7-12/h12-13,16H,1-11H2,(H,17,20)(H,18,19). The van der Waals surface area contributed by atoms with Crippen LogP contribution in [0.25, 0.3) is 0 Å². The number of rotatable bonds is 8. The van der Waals surface area contributed by atoms with Crippen LogP contribution >= 0.6 is 0 Å². The van der Waals surface area contributed by atoms with Gasteiger partial charge in [0.05, 0.1) is 6.54 Å². The Balaban J connectivity index is 1.46. The minimum absolute atomic E-state index is 0.0175. The molecule has 20 heavy (non-hydrogen) atoms. The topological polar surface area (TPSA) is 70.2 Å². The number of amides is 2. The monoisotopic (exact) mass is 281 g/mol. The predicted molar refractivity (Wildman–Crippen MR) is 78.2 cm³/mol. The van der Waals surface area contributed by atoms with Crippen LogP contribution in [-0.2, 0) is 9.59 Å². The Morgan fingerprint density at radius 2 is 1.70 bits per heavy atom. The number of hydrogen-bond acceptors (Lipinski definition) is 3. The lowest BCUT2D eigenvalue weighted by atomic mass is 9.95. The largest absolute Gasteiger partial charge is 0.354 e. The van der Waals surface area contributed by atoms with Gasteiger partial charge in [0.2, 0.25) is 11.8 Å². The summed E-state index contributed by atoms with van der Waals surface area (Å²) in [5.41, 5.74) is 0. The van der Waals surface area contributed by atoms with Gasteiger partial charge in [-0.3, -0.25) is 9.59 Å². The van der Waals surface area contributed by atoms with Gasteiger partial charge in [-0.15, -0.1) is 0 Å². The van der Waals surface area contributed by atoms with Gasteiger partial charge < -0.3 is 16.0 Å². The van der Waals surface area contributed by atoms with Gasteiger partial charge in [0, 0.05) is 19.0 Å². The zero-order valence-electron chi connectivity index (χ0n) is 12.2. The van der Waals surface area contributed by atoms with Crippen LogP contribution < -0.4 is 16.0 Å². The van der Waals surface area contributed by atoms with Gasteiger partial charge in [0.1, 0.15) is 0 Å². The minimum atomic E-state index is -0.0175. The molecule has 0 heterocycles. The number of carbonyl (C=O) groups is 2. The van der Waals surface area contributed by atoms with Gasteiger partial charge in [-0.2, -0.15) is 0 Å². The molecule has 2 saturated carbocycles. The van der Waals surface area contributed by atoms with Crippen LogP contribution in [0.3, 0.4) is 0 Å². The third-order valence-corrected chi connectivity index (χ3v) is 4.06. The van der Waals surface area contributed by atoms with E-state index >= 15 is 0 Å². The summed E-state index contributed by atoms with van der Waals surface area (Å²) in [4.78, 5) is 23.2. The van der Waals surface area contributed by atoms with Crippen molar-refractivity contribution >= 4 is 11.8 Å². The normalized spacial score (nSPS) is 19.6. The van der Waals surface area contributed by atoms with Gasteiger partial charge in [-0.1, -0.05) is 19.3 Å². The molecular weight excluding hydrogens is 254 g/mol. The first-order chi connectivity index (χ1) is 9.74. The van der Waals surface area contributed by atoms with E-state index in [1.807, 2.05) is 0 Å². The second-order valence-corrected chi connectivity index (χ2v) is 6.08. The highest BCUT2D eigenvalue weighted by molar-refractivity contribution is 5.80. The van der Waals surface area contributed by atoms with Crippen molar-refractivity contribution in [3.8, 4) is 0 Å². The SMILES string of the molecule is O=C(CNCC1CC1)NCCC(=O)NC1CCCCC1. The van der Waals surface area contributed by atoms with Crippen LogP contribution in [0.1, 0.15) is 51.4 Å². The fourth-order valence-corrected chi connectivity index (χ4v) is 2.64. The van der Waals surface area contributed by atoms with Crippen molar-refractivity contribution in [1.82, 2.24) is 16.0 Å². The summed E-state index contributed by atoms with van der Waals surface area (Å²) in [5, 5.41) is 8.97. The van der Waals surface area contributed by atoms with E-state index in [2.05, 4.69) is 16.0 Å². The molecule has 114 valence electrons. The minimum Gasteiger partial charge on any atom is -0.354 e. The molecule has 0 aromatic rings. The maximum atomic E-state index is 11.7. The summed E-state index contributed by atoms with van der Waals surface area (Å²) in [7, 11) is 0. The van der Waals surface area contributed by atoms with Gasteiger partial charge in [-0.05, 0) is 38.1 Å². The van der Waals surface area contributed by atoms with E-state index in [9.17, 15) is 9.59 Å². The van der Waals surface area contributed by atoms with E-state index in [1.165, 1.54) is 32.1 Å². The summed E-state index contributed by atoms with van der Waals surface area (Å²) < 4.78 is 0. The highest BCUT2D eigenvalue weighted by Gasteiger charge is 2.20. The van der Waals surface area contributed by atoms with E-state index in [4.69, 9.17) is 0 Å². The molecule has 2 aliphatic rings. The molecule has 0 saturated heterocycles. The lowest BCUT2D eigenvalue weighted by molar-refractivity contribution is -0.122. The second kappa shape index (κ2) is 8.25. The molecule has 0 aliphatic heterocycles. The molecule has 0 bridgehead atoms.